The maximum Gasteiger partial charge on any atom is 0.256 e. The van der Waals surface area contributed by atoms with Crippen LogP contribution in [0.2, 0.25) is 0 Å². The van der Waals surface area contributed by atoms with E-state index in [1.54, 1.807) is 4.90 Å². The Morgan fingerprint density at radius 3 is 2.46 bits per heavy atom. The van der Waals surface area contributed by atoms with Crippen LogP contribution in [0, 0.1) is 11.7 Å². The first-order chi connectivity index (χ1) is 11.8. The summed E-state index contributed by atoms with van der Waals surface area (Å²) < 4.78 is 38.8. The lowest BCUT2D eigenvalue weighted by atomic mass is 10.0. The van der Waals surface area contributed by atoms with Crippen molar-refractivity contribution in [3.05, 3.63) is 29.6 Å². The van der Waals surface area contributed by atoms with Crippen molar-refractivity contribution >= 4 is 34.0 Å². The first-order valence-corrected chi connectivity index (χ1v) is 10.5. The number of nitrogens with one attached hydrogen (secondary N) is 2. The standard InChI is InChI=1S/C17H24FN3O3S.ClH/c1-25(23,24)20-16-5-4-13(18)10-15(16)17(22)21-8-6-14(7-9-21)19-11-12-2-3-12;/h4-5,10,12,14,19-20H,2-3,6-9,11H2,1H3;1H. The Morgan fingerprint density at radius 1 is 1.23 bits per heavy atom. The summed E-state index contributed by atoms with van der Waals surface area (Å²) in [5.41, 5.74) is 0.165. The summed E-state index contributed by atoms with van der Waals surface area (Å²) in [6, 6.07) is 3.92. The van der Waals surface area contributed by atoms with Crippen LogP contribution in [-0.2, 0) is 10.0 Å². The average molecular weight is 406 g/mol. The molecule has 3 rings (SSSR count). The van der Waals surface area contributed by atoms with Crippen molar-refractivity contribution in [1.82, 2.24) is 10.2 Å². The van der Waals surface area contributed by atoms with E-state index < -0.39 is 15.8 Å². The van der Waals surface area contributed by atoms with Gasteiger partial charge in [-0.1, -0.05) is 0 Å². The Hall–Kier alpha value is -1.38. The third-order valence-electron chi connectivity index (χ3n) is 4.68. The lowest BCUT2D eigenvalue weighted by molar-refractivity contribution is 0.0705. The number of halogens is 2. The SMILES string of the molecule is CS(=O)(=O)Nc1ccc(F)cc1C(=O)N1CCC(NCC2CC2)CC1.Cl. The quantitative estimate of drug-likeness (QED) is 0.760. The fourth-order valence-electron chi connectivity index (χ4n) is 3.09. The zero-order valence-corrected chi connectivity index (χ0v) is 16.3. The Morgan fingerprint density at radius 2 is 1.88 bits per heavy atom. The lowest BCUT2D eigenvalue weighted by Gasteiger charge is -2.33. The van der Waals surface area contributed by atoms with E-state index >= 15 is 0 Å². The molecule has 9 heteroatoms. The highest BCUT2D eigenvalue weighted by Crippen LogP contribution is 2.28. The first-order valence-electron chi connectivity index (χ1n) is 8.62. The number of piperidine rings is 1. The number of likely N-dealkylation sites (tertiary alicyclic amines) is 1. The molecule has 0 aromatic heterocycles. The third kappa shape index (κ3) is 5.82. The molecule has 0 atom stereocenters. The molecule has 1 heterocycles. The highest BCUT2D eigenvalue weighted by molar-refractivity contribution is 7.92. The Balaban J connectivity index is 0.00000243. The van der Waals surface area contributed by atoms with Crippen molar-refractivity contribution in [3.8, 4) is 0 Å². The minimum absolute atomic E-state index is 0. The molecule has 2 fully saturated rings. The lowest BCUT2D eigenvalue weighted by Crippen LogP contribution is -2.45. The van der Waals surface area contributed by atoms with Crippen LogP contribution in [0.15, 0.2) is 18.2 Å². The summed E-state index contributed by atoms with van der Waals surface area (Å²) >= 11 is 0. The van der Waals surface area contributed by atoms with Gasteiger partial charge in [-0.05, 0) is 56.3 Å². The van der Waals surface area contributed by atoms with Gasteiger partial charge in [-0.25, -0.2) is 12.8 Å². The van der Waals surface area contributed by atoms with E-state index in [1.165, 1.54) is 18.9 Å². The maximum atomic E-state index is 13.6. The Labute approximate surface area is 160 Å². The fraction of sp³-hybridized carbons (Fsp3) is 0.588. The van der Waals surface area contributed by atoms with Gasteiger partial charge < -0.3 is 10.2 Å². The molecular weight excluding hydrogens is 381 g/mol. The molecule has 6 nitrogen and oxygen atoms in total. The first kappa shape index (κ1) is 20.9. The van der Waals surface area contributed by atoms with Gasteiger partial charge in [0, 0.05) is 19.1 Å². The van der Waals surface area contributed by atoms with Crippen LogP contribution in [0.5, 0.6) is 0 Å². The van der Waals surface area contributed by atoms with Crippen LogP contribution in [0.4, 0.5) is 10.1 Å². The number of nitrogens with zero attached hydrogens (tertiary/aromatic N) is 1. The number of sulfonamides is 1. The molecule has 0 unspecified atom stereocenters. The van der Waals surface area contributed by atoms with Crippen molar-refractivity contribution in [3.63, 3.8) is 0 Å². The molecular formula is C17H25ClFN3O3S. The Bertz CT molecular complexity index is 748. The van der Waals surface area contributed by atoms with E-state index in [9.17, 15) is 17.6 Å². The van der Waals surface area contributed by atoms with E-state index in [4.69, 9.17) is 0 Å². The van der Waals surface area contributed by atoms with Gasteiger partial charge in [0.05, 0.1) is 17.5 Å². The summed E-state index contributed by atoms with van der Waals surface area (Å²) in [5.74, 6) is -0.0914. The summed E-state index contributed by atoms with van der Waals surface area (Å²) in [6.07, 6.45) is 5.31. The average Bonchev–Trinajstić information content (AvgIpc) is 3.37. The predicted molar refractivity (Wildman–Crippen MR) is 102 cm³/mol. The van der Waals surface area contributed by atoms with Gasteiger partial charge in [0.1, 0.15) is 5.82 Å². The van der Waals surface area contributed by atoms with Crippen molar-refractivity contribution in [2.24, 2.45) is 5.92 Å². The molecule has 1 aliphatic carbocycles. The van der Waals surface area contributed by atoms with Gasteiger partial charge in [0.25, 0.3) is 5.91 Å². The second-order valence-electron chi connectivity index (χ2n) is 6.98. The predicted octanol–water partition coefficient (Wildman–Crippen LogP) is 2.22. The van der Waals surface area contributed by atoms with Gasteiger partial charge in [-0.2, -0.15) is 0 Å². The van der Waals surface area contributed by atoms with Crippen LogP contribution in [0.3, 0.4) is 0 Å². The van der Waals surface area contributed by atoms with Crippen molar-refractivity contribution < 1.29 is 17.6 Å². The van der Waals surface area contributed by atoms with Gasteiger partial charge in [0.2, 0.25) is 10.0 Å². The summed E-state index contributed by atoms with van der Waals surface area (Å²) in [4.78, 5) is 14.4. The second-order valence-corrected chi connectivity index (χ2v) is 8.73. The normalized spacial score (nSPS) is 18.3. The topological polar surface area (TPSA) is 78.5 Å². The minimum atomic E-state index is -3.55. The molecule has 1 saturated carbocycles. The van der Waals surface area contributed by atoms with Crippen LogP contribution in [0.25, 0.3) is 0 Å². The van der Waals surface area contributed by atoms with Crippen molar-refractivity contribution in [1.29, 1.82) is 0 Å². The van der Waals surface area contributed by atoms with E-state index in [-0.39, 0.29) is 29.6 Å². The molecule has 26 heavy (non-hydrogen) atoms. The van der Waals surface area contributed by atoms with E-state index in [2.05, 4.69) is 10.0 Å². The van der Waals surface area contributed by atoms with Crippen LogP contribution in [-0.4, -0.2) is 51.2 Å². The number of hydrogen-bond acceptors (Lipinski definition) is 4. The number of anilines is 1. The number of amides is 1. The smallest absolute Gasteiger partial charge is 0.256 e. The molecule has 1 aromatic rings. The number of carbonyl (C=O) groups excluding carboxylic acids is 1. The van der Waals surface area contributed by atoms with Crippen LogP contribution in [0.1, 0.15) is 36.0 Å². The molecule has 146 valence electrons. The van der Waals surface area contributed by atoms with E-state index in [0.717, 1.165) is 43.7 Å². The van der Waals surface area contributed by atoms with Gasteiger partial charge in [0.15, 0.2) is 0 Å². The maximum absolute atomic E-state index is 13.6. The van der Waals surface area contributed by atoms with Crippen molar-refractivity contribution in [2.45, 2.75) is 31.7 Å². The largest absolute Gasteiger partial charge is 0.338 e. The third-order valence-corrected chi connectivity index (χ3v) is 5.27. The number of hydrogen-bond donors (Lipinski definition) is 2. The van der Waals surface area contributed by atoms with Gasteiger partial charge >= 0.3 is 0 Å². The fourth-order valence-corrected chi connectivity index (χ4v) is 3.67. The Kier molecular flexibility index (Phi) is 6.87. The van der Waals surface area contributed by atoms with Crippen molar-refractivity contribution in [2.75, 3.05) is 30.6 Å². The zero-order valence-electron chi connectivity index (χ0n) is 14.7. The van der Waals surface area contributed by atoms with Crippen LogP contribution >= 0.6 is 12.4 Å². The summed E-state index contributed by atoms with van der Waals surface area (Å²) in [7, 11) is -3.55. The van der Waals surface area contributed by atoms with E-state index in [0.29, 0.717) is 19.1 Å². The highest BCUT2D eigenvalue weighted by Gasteiger charge is 2.27. The molecule has 0 bridgehead atoms. The number of benzene rings is 1. The monoisotopic (exact) mass is 405 g/mol. The number of rotatable bonds is 6. The summed E-state index contributed by atoms with van der Waals surface area (Å²) in [6.45, 7) is 2.21. The van der Waals surface area contributed by atoms with Gasteiger partial charge in [-0.15, -0.1) is 12.4 Å². The molecule has 2 N–H and O–H groups in total. The minimum Gasteiger partial charge on any atom is -0.338 e. The molecule has 1 saturated heterocycles. The van der Waals surface area contributed by atoms with Crippen LogP contribution < -0.4 is 10.0 Å². The highest BCUT2D eigenvalue weighted by atomic mass is 35.5. The summed E-state index contributed by atoms with van der Waals surface area (Å²) in [5, 5.41) is 3.54. The molecule has 0 spiro atoms. The molecule has 1 aliphatic heterocycles. The molecule has 1 aromatic carbocycles. The molecule has 0 radical (unpaired) electrons. The second kappa shape index (κ2) is 8.54. The molecule has 1 amide bonds. The van der Waals surface area contributed by atoms with E-state index in [1.807, 2.05) is 0 Å². The zero-order chi connectivity index (χ0) is 18.0. The van der Waals surface area contributed by atoms with Gasteiger partial charge in [-0.3, -0.25) is 9.52 Å². The molecule has 2 aliphatic rings. The number of carbonyl (C=O) groups is 1.